The third-order valence-electron chi connectivity index (χ3n) is 3.54. The summed E-state index contributed by atoms with van der Waals surface area (Å²) in [5.41, 5.74) is 1.94. The van der Waals surface area contributed by atoms with E-state index in [2.05, 4.69) is 56.7 Å². The van der Waals surface area contributed by atoms with E-state index in [0.717, 1.165) is 29.2 Å². The molecule has 0 saturated carbocycles. The number of nitrogens with zero attached hydrogens (tertiary/aromatic N) is 3. The topological polar surface area (TPSA) is 75.7 Å². The van der Waals surface area contributed by atoms with E-state index < -0.39 is 0 Å². The van der Waals surface area contributed by atoms with E-state index in [1.165, 1.54) is 16.8 Å². The summed E-state index contributed by atoms with van der Waals surface area (Å²) in [5.74, 6) is 1.75. The van der Waals surface area contributed by atoms with Gasteiger partial charge in [0.15, 0.2) is 5.65 Å². The van der Waals surface area contributed by atoms with Gasteiger partial charge in [0, 0.05) is 23.8 Å². The lowest BCUT2D eigenvalue weighted by Gasteiger charge is -2.15. The van der Waals surface area contributed by atoms with Crippen LogP contribution >= 0.6 is 11.8 Å². The molecule has 2 heterocycles. The van der Waals surface area contributed by atoms with Gasteiger partial charge in [-0.05, 0) is 24.6 Å². The molecule has 0 saturated heterocycles. The Hall–Kier alpha value is -2.12. The summed E-state index contributed by atoms with van der Waals surface area (Å²) in [4.78, 5) is 9.71. The van der Waals surface area contributed by atoms with Gasteiger partial charge in [-0.2, -0.15) is 5.10 Å². The van der Waals surface area contributed by atoms with Crippen LogP contribution in [0.3, 0.4) is 0 Å². The van der Waals surface area contributed by atoms with E-state index in [1.807, 2.05) is 0 Å². The molecule has 1 atom stereocenters. The summed E-state index contributed by atoms with van der Waals surface area (Å²) in [6.07, 6.45) is 3.27. The Kier molecular flexibility index (Phi) is 5.09. The Morgan fingerprint density at radius 2 is 2.09 bits per heavy atom. The second-order valence-corrected chi connectivity index (χ2v) is 6.30. The third-order valence-corrected chi connectivity index (χ3v) is 4.51. The van der Waals surface area contributed by atoms with Crippen molar-refractivity contribution in [2.75, 3.05) is 24.8 Å². The van der Waals surface area contributed by atoms with Gasteiger partial charge < -0.3 is 10.1 Å². The fourth-order valence-corrected chi connectivity index (χ4v) is 3.08. The Labute approximate surface area is 139 Å². The van der Waals surface area contributed by atoms with Gasteiger partial charge in [0.1, 0.15) is 12.1 Å². The lowest BCUT2D eigenvalue weighted by Crippen LogP contribution is -2.08. The molecule has 0 aliphatic rings. The molecule has 0 fully saturated rings. The zero-order valence-corrected chi connectivity index (χ0v) is 13.9. The number of aromatic nitrogens is 4. The number of nitrogens with one attached hydrogen (secondary N) is 2. The van der Waals surface area contributed by atoms with Crippen molar-refractivity contribution < 1.29 is 4.74 Å². The standard InChI is InChI=1S/C16H19N5OS/c1-11(12-3-5-13(6-4-12)23-8-7-22-2)20-15-14-9-19-21-16(14)18-10-17-15/h3-6,9-11H,7-8H2,1-2H3,(H2,17,18,19,20,21). The molecule has 7 heteroatoms. The van der Waals surface area contributed by atoms with Crippen LogP contribution in [0.5, 0.6) is 0 Å². The fraction of sp³-hybridized carbons (Fsp3) is 0.312. The largest absolute Gasteiger partial charge is 0.384 e. The number of H-pyrrole nitrogens is 1. The van der Waals surface area contributed by atoms with Gasteiger partial charge in [0.05, 0.1) is 18.2 Å². The molecule has 3 aromatic rings. The van der Waals surface area contributed by atoms with Crippen LogP contribution in [0, 0.1) is 0 Å². The van der Waals surface area contributed by atoms with Crippen LogP contribution < -0.4 is 5.32 Å². The van der Waals surface area contributed by atoms with E-state index in [1.54, 1.807) is 25.1 Å². The van der Waals surface area contributed by atoms with Crippen molar-refractivity contribution >= 4 is 28.6 Å². The molecular formula is C16H19N5OS. The number of benzene rings is 1. The van der Waals surface area contributed by atoms with Gasteiger partial charge in [0.25, 0.3) is 0 Å². The first-order valence-electron chi connectivity index (χ1n) is 7.40. The molecule has 0 aliphatic heterocycles. The van der Waals surface area contributed by atoms with E-state index in [-0.39, 0.29) is 6.04 Å². The van der Waals surface area contributed by atoms with Crippen molar-refractivity contribution in [3.8, 4) is 0 Å². The van der Waals surface area contributed by atoms with Crippen molar-refractivity contribution in [3.05, 3.63) is 42.4 Å². The zero-order chi connectivity index (χ0) is 16.1. The van der Waals surface area contributed by atoms with Gasteiger partial charge in [-0.25, -0.2) is 9.97 Å². The van der Waals surface area contributed by atoms with Crippen molar-refractivity contribution in [1.29, 1.82) is 0 Å². The molecule has 3 rings (SSSR count). The van der Waals surface area contributed by atoms with E-state index in [4.69, 9.17) is 4.74 Å². The minimum Gasteiger partial charge on any atom is -0.384 e. The molecular weight excluding hydrogens is 310 g/mol. The number of ether oxygens (including phenoxy) is 1. The molecule has 0 amide bonds. The summed E-state index contributed by atoms with van der Waals surface area (Å²) in [5, 5.41) is 11.2. The average molecular weight is 329 g/mol. The number of hydrogen-bond acceptors (Lipinski definition) is 6. The fourth-order valence-electron chi connectivity index (χ4n) is 2.26. The highest BCUT2D eigenvalue weighted by atomic mass is 32.2. The van der Waals surface area contributed by atoms with Crippen LogP contribution in [0.2, 0.25) is 0 Å². The van der Waals surface area contributed by atoms with E-state index in [0.29, 0.717) is 0 Å². The first-order chi connectivity index (χ1) is 11.3. The number of hydrogen-bond donors (Lipinski definition) is 2. The number of rotatable bonds is 7. The molecule has 0 spiro atoms. The number of thioether (sulfide) groups is 1. The molecule has 0 radical (unpaired) electrons. The van der Waals surface area contributed by atoms with E-state index in [9.17, 15) is 0 Å². The highest BCUT2D eigenvalue weighted by molar-refractivity contribution is 7.99. The van der Waals surface area contributed by atoms with Gasteiger partial charge in [0.2, 0.25) is 0 Å². The molecule has 2 N–H and O–H groups in total. The maximum Gasteiger partial charge on any atom is 0.160 e. The van der Waals surface area contributed by atoms with Gasteiger partial charge in [-0.1, -0.05) is 12.1 Å². The summed E-state index contributed by atoms with van der Waals surface area (Å²) < 4.78 is 5.07. The van der Waals surface area contributed by atoms with Crippen molar-refractivity contribution in [2.45, 2.75) is 17.9 Å². The predicted molar refractivity (Wildman–Crippen MR) is 92.8 cm³/mol. The Bertz CT molecular complexity index is 759. The molecule has 120 valence electrons. The maximum absolute atomic E-state index is 5.07. The molecule has 2 aromatic heterocycles. The van der Waals surface area contributed by atoms with Crippen molar-refractivity contribution in [1.82, 2.24) is 20.2 Å². The van der Waals surface area contributed by atoms with Crippen LogP contribution in [0.4, 0.5) is 5.82 Å². The molecule has 1 aromatic carbocycles. The molecule has 1 unspecified atom stereocenters. The summed E-state index contributed by atoms with van der Waals surface area (Å²) in [7, 11) is 1.72. The Morgan fingerprint density at radius 1 is 1.26 bits per heavy atom. The predicted octanol–water partition coefficient (Wildman–Crippen LogP) is 3.26. The first-order valence-corrected chi connectivity index (χ1v) is 8.39. The van der Waals surface area contributed by atoms with Crippen LogP contribution in [-0.2, 0) is 4.74 Å². The highest BCUT2D eigenvalue weighted by Crippen LogP contribution is 2.25. The van der Waals surface area contributed by atoms with Crippen LogP contribution in [0.25, 0.3) is 11.0 Å². The maximum atomic E-state index is 5.07. The summed E-state index contributed by atoms with van der Waals surface area (Å²) in [6, 6.07) is 8.70. The van der Waals surface area contributed by atoms with Crippen LogP contribution in [0.1, 0.15) is 18.5 Å². The van der Waals surface area contributed by atoms with E-state index >= 15 is 0 Å². The Morgan fingerprint density at radius 3 is 2.87 bits per heavy atom. The Balaban J connectivity index is 1.68. The van der Waals surface area contributed by atoms with Gasteiger partial charge >= 0.3 is 0 Å². The average Bonchev–Trinajstić information content (AvgIpc) is 3.05. The normalized spacial score (nSPS) is 12.4. The van der Waals surface area contributed by atoms with Crippen molar-refractivity contribution in [3.63, 3.8) is 0 Å². The number of anilines is 1. The minimum absolute atomic E-state index is 0.140. The van der Waals surface area contributed by atoms with Gasteiger partial charge in [-0.15, -0.1) is 11.8 Å². The monoisotopic (exact) mass is 329 g/mol. The van der Waals surface area contributed by atoms with Gasteiger partial charge in [-0.3, -0.25) is 5.10 Å². The minimum atomic E-state index is 0.140. The highest BCUT2D eigenvalue weighted by Gasteiger charge is 2.10. The van der Waals surface area contributed by atoms with Crippen molar-refractivity contribution in [2.24, 2.45) is 0 Å². The van der Waals surface area contributed by atoms with Crippen LogP contribution in [-0.4, -0.2) is 39.6 Å². The second-order valence-electron chi connectivity index (χ2n) is 5.13. The number of aromatic amines is 1. The lowest BCUT2D eigenvalue weighted by molar-refractivity contribution is 0.218. The number of methoxy groups -OCH3 is 1. The quantitative estimate of drug-likeness (QED) is 0.512. The molecule has 0 aliphatic carbocycles. The SMILES string of the molecule is COCCSc1ccc(C(C)Nc2ncnc3[nH]ncc23)cc1. The third kappa shape index (κ3) is 3.80. The summed E-state index contributed by atoms with van der Waals surface area (Å²) >= 11 is 1.79. The second kappa shape index (κ2) is 7.43. The molecule has 0 bridgehead atoms. The smallest absolute Gasteiger partial charge is 0.160 e. The van der Waals surface area contributed by atoms with Crippen LogP contribution in [0.15, 0.2) is 41.7 Å². The summed E-state index contributed by atoms with van der Waals surface area (Å²) in [6.45, 7) is 2.87. The molecule has 23 heavy (non-hydrogen) atoms. The first kappa shape index (κ1) is 15.8. The number of fused-ring (bicyclic) bond motifs is 1. The zero-order valence-electron chi connectivity index (χ0n) is 13.1. The lowest BCUT2D eigenvalue weighted by atomic mass is 10.1. The molecule has 6 nitrogen and oxygen atoms in total.